The second kappa shape index (κ2) is 6.13. The van der Waals surface area contributed by atoms with E-state index in [0.717, 1.165) is 11.3 Å². The predicted molar refractivity (Wildman–Crippen MR) is 76.4 cm³/mol. The second-order valence-electron chi connectivity index (χ2n) is 4.66. The summed E-state index contributed by atoms with van der Waals surface area (Å²) in [7, 11) is 0. The van der Waals surface area contributed by atoms with E-state index in [9.17, 15) is 9.59 Å². The molecule has 0 bridgehead atoms. The van der Waals surface area contributed by atoms with E-state index >= 15 is 0 Å². The van der Waals surface area contributed by atoms with Gasteiger partial charge in [0.05, 0.1) is 5.37 Å². The lowest BCUT2D eigenvalue weighted by Crippen LogP contribution is -2.49. The molecular weight excluding hydrogens is 278 g/mol. The number of aliphatic carboxylic acids is 1. The highest BCUT2D eigenvalue weighted by Gasteiger charge is 2.39. The number of amides is 2. The molecule has 20 heavy (non-hydrogen) atoms. The molecule has 0 spiro atoms. The zero-order chi connectivity index (χ0) is 14.7. The molecule has 108 valence electrons. The number of carboxylic acids is 1. The van der Waals surface area contributed by atoms with Gasteiger partial charge in [0.15, 0.2) is 0 Å². The van der Waals surface area contributed by atoms with Gasteiger partial charge in [-0.1, -0.05) is 6.07 Å². The van der Waals surface area contributed by atoms with Crippen LogP contribution < -0.4 is 5.32 Å². The Kier molecular flexibility index (Phi) is 4.49. The Morgan fingerprint density at radius 3 is 2.90 bits per heavy atom. The fraction of sp³-hybridized carbons (Fsp3) is 0.462. The Morgan fingerprint density at radius 2 is 2.30 bits per heavy atom. The molecule has 1 aliphatic rings. The Bertz CT molecular complexity index is 506. The van der Waals surface area contributed by atoms with E-state index in [1.807, 2.05) is 26.0 Å². The number of nitrogens with zero attached hydrogens (tertiary/aromatic N) is 2. The van der Waals surface area contributed by atoms with Gasteiger partial charge in [0, 0.05) is 24.2 Å². The Morgan fingerprint density at radius 1 is 1.55 bits per heavy atom. The molecule has 7 heteroatoms. The van der Waals surface area contributed by atoms with Crippen molar-refractivity contribution >= 4 is 23.8 Å². The van der Waals surface area contributed by atoms with Crippen LogP contribution >= 0.6 is 11.8 Å². The van der Waals surface area contributed by atoms with Gasteiger partial charge in [0.2, 0.25) is 0 Å². The van der Waals surface area contributed by atoms with E-state index in [0.29, 0.717) is 12.3 Å². The number of pyridine rings is 1. The predicted octanol–water partition coefficient (Wildman–Crippen LogP) is 1.45. The number of nitrogens with one attached hydrogen (secondary N) is 1. The summed E-state index contributed by atoms with van der Waals surface area (Å²) in [5.74, 6) is -0.537. The van der Waals surface area contributed by atoms with E-state index in [1.165, 1.54) is 16.7 Å². The Balaban J connectivity index is 1.97. The van der Waals surface area contributed by atoms with Crippen LogP contribution in [0.5, 0.6) is 0 Å². The van der Waals surface area contributed by atoms with Gasteiger partial charge < -0.3 is 10.4 Å². The van der Waals surface area contributed by atoms with Crippen LogP contribution in [-0.4, -0.2) is 44.2 Å². The Hall–Kier alpha value is -1.76. The van der Waals surface area contributed by atoms with Crippen LogP contribution in [0.15, 0.2) is 18.3 Å². The van der Waals surface area contributed by atoms with Crippen LogP contribution in [0.4, 0.5) is 4.79 Å². The third kappa shape index (κ3) is 3.22. The number of rotatable bonds is 3. The van der Waals surface area contributed by atoms with Crippen LogP contribution in [0.3, 0.4) is 0 Å². The molecular formula is C13H17N3O3S. The normalized spacial score (nSPS) is 21.8. The highest BCUT2D eigenvalue weighted by atomic mass is 32.2. The van der Waals surface area contributed by atoms with Crippen LogP contribution in [0.2, 0.25) is 0 Å². The first kappa shape index (κ1) is 14.6. The molecule has 0 aromatic carbocycles. The number of hydrogen-bond acceptors (Lipinski definition) is 4. The first-order valence-electron chi connectivity index (χ1n) is 6.31. The van der Waals surface area contributed by atoms with Gasteiger partial charge >= 0.3 is 12.0 Å². The van der Waals surface area contributed by atoms with Crippen molar-refractivity contribution in [3.8, 4) is 0 Å². The van der Waals surface area contributed by atoms with E-state index in [4.69, 9.17) is 5.11 Å². The van der Waals surface area contributed by atoms with Gasteiger partial charge in [-0.15, -0.1) is 11.8 Å². The molecule has 1 saturated heterocycles. The first-order valence-corrected chi connectivity index (χ1v) is 7.36. The van der Waals surface area contributed by atoms with Crippen molar-refractivity contribution in [1.29, 1.82) is 0 Å². The molecule has 2 rings (SSSR count). The number of urea groups is 1. The van der Waals surface area contributed by atoms with Crippen molar-refractivity contribution in [3.05, 3.63) is 29.6 Å². The van der Waals surface area contributed by atoms with Gasteiger partial charge in [-0.2, -0.15) is 0 Å². The Labute approximate surface area is 121 Å². The lowest BCUT2D eigenvalue weighted by molar-refractivity contribution is -0.141. The highest BCUT2D eigenvalue weighted by molar-refractivity contribution is 8.00. The fourth-order valence-corrected chi connectivity index (χ4v) is 3.18. The molecule has 2 atom stereocenters. The maximum absolute atomic E-state index is 12.1. The monoisotopic (exact) mass is 295 g/mol. The molecule has 0 radical (unpaired) electrons. The van der Waals surface area contributed by atoms with Crippen LogP contribution in [0.1, 0.15) is 18.2 Å². The summed E-state index contributed by atoms with van der Waals surface area (Å²) >= 11 is 1.47. The number of carboxylic acid groups (broad SMARTS) is 1. The minimum absolute atomic E-state index is 0.132. The molecule has 1 aliphatic heterocycles. The fourth-order valence-electron chi connectivity index (χ4n) is 2.01. The van der Waals surface area contributed by atoms with Crippen LogP contribution in [0, 0.1) is 6.92 Å². The standard InChI is InChI=1S/C13H17N3O3S/c1-8-3-4-10(5-14-8)6-15-13(19)16-9(2)20-7-11(16)12(17)18/h3-5,9,11H,6-7H2,1-2H3,(H,15,19)(H,17,18). The minimum Gasteiger partial charge on any atom is -0.480 e. The van der Waals surface area contributed by atoms with Gasteiger partial charge in [-0.25, -0.2) is 9.59 Å². The second-order valence-corrected chi connectivity index (χ2v) is 6.01. The maximum Gasteiger partial charge on any atom is 0.327 e. The maximum atomic E-state index is 12.1. The van der Waals surface area contributed by atoms with E-state index in [1.54, 1.807) is 6.20 Å². The molecule has 0 saturated carbocycles. The van der Waals surface area contributed by atoms with E-state index in [2.05, 4.69) is 10.3 Å². The van der Waals surface area contributed by atoms with Crippen molar-refractivity contribution < 1.29 is 14.7 Å². The summed E-state index contributed by atoms with van der Waals surface area (Å²) in [6.07, 6.45) is 1.70. The summed E-state index contributed by atoms with van der Waals surface area (Å²) in [6.45, 7) is 4.07. The highest BCUT2D eigenvalue weighted by Crippen LogP contribution is 2.28. The van der Waals surface area contributed by atoms with Crippen LogP contribution in [0.25, 0.3) is 0 Å². The molecule has 2 amide bonds. The molecule has 2 unspecified atom stereocenters. The van der Waals surface area contributed by atoms with Gasteiger partial charge in [0.25, 0.3) is 0 Å². The number of aryl methyl sites for hydroxylation is 1. The molecule has 1 fully saturated rings. The average molecular weight is 295 g/mol. The summed E-state index contributed by atoms with van der Waals surface area (Å²) in [5, 5.41) is 11.7. The molecule has 1 aromatic heterocycles. The summed E-state index contributed by atoms with van der Waals surface area (Å²) < 4.78 is 0. The van der Waals surface area contributed by atoms with Gasteiger partial charge in [-0.05, 0) is 25.5 Å². The number of aromatic nitrogens is 1. The lowest BCUT2D eigenvalue weighted by Gasteiger charge is -2.25. The molecule has 6 nitrogen and oxygen atoms in total. The smallest absolute Gasteiger partial charge is 0.327 e. The molecule has 0 aliphatic carbocycles. The number of carbonyl (C=O) groups is 2. The van der Waals surface area contributed by atoms with E-state index in [-0.39, 0.29) is 11.4 Å². The first-order chi connectivity index (χ1) is 9.49. The van der Waals surface area contributed by atoms with E-state index < -0.39 is 12.0 Å². The number of hydrogen-bond donors (Lipinski definition) is 2. The molecule has 2 heterocycles. The zero-order valence-corrected chi connectivity index (χ0v) is 12.2. The summed E-state index contributed by atoms with van der Waals surface area (Å²) in [4.78, 5) is 28.8. The molecule has 1 aromatic rings. The minimum atomic E-state index is -0.964. The average Bonchev–Trinajstić information content (AvgIpc) is 2.80. The van der Waals surface area contributed by atoms with Gasteiger partial charge in [-0.3, -0.25) is 9.88 Å². The zero-order valence-electron chi connectivity index (χ0n) is 11.4. The number of carbonyl (C=O) groups excluding carboxylic acids is 1. The van der Waals surface area contributed by atoms with Crippen LogP contribution in [-0.2, 0) is 11.3 Å². The summed E-state index contributed by atoms with van der Waals surface area (Å²) in [6, 6.07) is 2.65. The summed E-state index contributed by atoms with van der Waals surface area (Å²) in [5.41, 5.74) is 1.80. The SMILES string of the molecule is Cc1ccc(CNC(=O)N2C(C)SCC2C(=O)O)cn1. The van der Waals surface area contributed by atoms with Crippen molar-refractivity contribution in [2.24, 2.45) is 0 Å². The third-order valence-corrected chi connectivity index (χ3v) is 4.38. The van der Waals surface area contributed by atoms with Gasteiger partial charge in [0.1, 0.15) is 6.04 Å². The molecule has 2 N–H and O–H groups in total. The van der Waals surface area contributed by atoms with Crippen molar-refractivity contribution in [2.75, 3.05) is 5.75 Å². The topological polar surface area (TPSA) is 82.5 Å². The number of thioether (sulfide) groups is 1. The lowest BCUT2D eigenvalue weighted by atomic mass is 10.2. The third-order valence-electron chi connectivity index (χ3n) is 3.16. The van der Waals surface area contributed by atoms with Crippen molar-refractivity contribution in [3.63, 3.8) is 0 Å². The van der Waals surface area contributed by atoms with Crippen molar-refractivity contribution in [2.45, 2.75) is 31.8 Å². The largest absolute Gasteiger partial charge is 0.480 e. The quantitative estimate of drug-likeness (QED) is 0.882. The van der Waals surface area contributed by atoms with Crippen molar-refractivity contribution in [1.82, 2.24) is 15.2 Å².